The Bertz CT molecular complexity index is 1680. The van der Waals surface area contributed by atoms with Crippen LogP contribution in [0.5, 0.6) is 11.5 Å². The number of hydrogen-bond acceptors (Lipinski definition) is 6. The first-order valence-electron chi connectivity index (χ1n) is 18.4. The molecule has 0 saturated carbocycles. The van der Waals surface area contributed by atoms with E-state index in [1.807, 2.05) is 43.3 Å². The van der Waals surface area contributed by atoms with Crippen molar-refractivity contribution in [3.63, 3.8) is 0 Å². The zero-order valence-electron chi connectivity index (χ0n) is 31.1. The summed E-state index contributed by atoms with van der Waals surface area (Å²) in [5, 5.41) is 19.8. The second kappa shape index (κ2) is 20.9. The van der Waals surface area contributed by atoms with Gasteiger partial charge in [-0.2, -0.15) is 0 Å². The highest BCUT2D eigenvalue weighted by Gasteiger charge is 2.32. The van der Waals surface area contributed by atoms with E-state index in [0.29, 0.717) is 25.0 Å². The molecule has 52 heavy (non-hydrogen) atoms. The van der Waals surface area contributed by atoms with Crippen molar-refractivity contribution in [1.29, 1.82) is 0 Å². The fourth-order valence-electron chi connectivity index (χ4n) is 7.54. The topological polar surface area (TPSA) is 114 Å². The highest BCUT2D eigenvalue weighted by atomic mass is 16.5. The van der Waals surface area contributed by atoms with Crippen LogP contribution in [0.25, 0.3) is 0 Å². The summed E-state index contributed by atoms with van der Waals surface area (Å²) in [5.74, 6) is 2.15. The van der Waals surface area contributed by atoms with Crippen molar-refractivity contribution in [2.75, 3.05) is 34.0 Å². The normalized spacial score (nSPS) is 18.5. The van der Waals surface area contributed by atoms with Gasteiger partial charge in [-0.25, -0.2) is 4.79 Å². The molecule has 0 aliphatic heterocycles. The molecule has 1 amide bonds. The third kappa shape index (κ3) is 11.6. The third-order valence-electron chi connectivity index (χ3n) is 10.0. The van der Waals surface area contributed by atoms with Gasteiger partial charge in [0.05, 0.1) is 20.8 Å². The second-order valence-corrected chi connectivity index (χ2v) is 13.3. The van der Waals surface area contributed by atoms with Gasteiger partial charge in [0.15, 0.2) is 0 Å². The molecule has 278 valence electrons. The summed E-state index contributed by atoms with van der Waals surface area (Å²) < 4.78 is 15.9. The van der Waals surface area contributed by atoms with Gasteiger partial charge in [0, 0.05) is 19.6 Å². The predicted octanol–water partition coefficient (Wildman–Crippen LogP) is 8.39. The number of aryl methyl sites for hydroxylation is 2. The summed E-state index contributed by atoms with van der Waals surface area (Å²) in [5.41, 5.74) is 7.88. The van der Waals surface area contributed by atoms with E-state index < -0.39 is 5.97 Å². The van der Waals surface area contributed by atoms with Gasteiger partial charge in [0.25, 0.3) is 0 Å². The zero-order valence-corrected chi connectivity index (χ0v) is 31.1. The molecule has 3 N–H and O–H groups in total. The lowest BCUT2D eigenvalue weighted by Gasteiger charge is -2.34. The van der Waals surface area contributed by atoms with E-state index >= 15 is 0 Å². The maximum absolute atomic E-state index is 11.7. The van der Waals surface area contributed by atoms with Crippen molar-refractivity contribution in [2.45, 2.75) is 70.6 Å². The second-order valence-electron chi connectivity index (χ2n) is 13.3. The molecule has 0 aromatic heterocycles. The number of nitrogens with one attached hydrogen (secondary N) is 1. The van der Waals surface area contributed by atoms with Crippen LogP contribution < -0.4 is 14.8 Å². The first-order chi connectivity index (χ1) is 25.3. The fraction of sp³-hybridized carbons (Fsp3) is 0.409. The number of aliphatic carboxylic acids is 1. The van der Waals surface area contributed by atoms with Gasteiger partial charge in [0.2, 0.25) is 0 Å². The molecule has 0 bridgehead atoms. The van der Waals surface area contributed by atoms with Crippen LogP contribution in [0.2, 0.25) is 0 Å². The Morgan fingerprint density at radius 3 is 1.62 bits per heavy atom. The van der Waals surface area contributed by atoms with Crippen LogP contribution >= 0.6 is 0 Å². The number of hydrogen-bond donors (Lipinski definition) is 3. The van der Waals surface area contributed by atoms with Crippen LogP contribution in [-0.2, 0) is 35.2 Å². The van der Waals surface area contributed by atoms with Crippen LogP contribution in [0.15, 0.2) is 97.1 Å². The molecule has 4 atom stereocenters. The Balaban J connectivity index is 0.000000218. The average Bonchev–Trinajstić information content (AvgIpc) is 3.16. The van der Waals surface area contributed by atoms with Crippen LogP contribution in [-0.4, -0.2) is 56.3 Å². The van der Waals surface area contributed by atoms with Crippen LogP contribution in [0.1, 0.15) is 78.3 Å². The van der Waals surface area contributed by atoms with Crippen molar-refractivity contribution < 1.29 is 34.0 Å². The lowest BCUT2D eigenvalue weighted by Crippen LogP contribution is -2.35. The number of benzene rings is 4. The van der Waals surface area contributed by atoms with E-state index in [2.05, 4.69) is 66.0 Å². The minimum Gasteiger partial charge on any atom is -0.497 e. The number of carboxylic acid groups (broad SMARTS) is 1. The first kappa shape index (κ1) is 40.0. The van der Waals surface area contributed by atoms with Gasteiger partial charge in [-0.3, -0.25) is 4.79 Å². The minimum absolute atomic E-state index is 0.173. The molecule has 0 fully saturated rings. The van der Waals surface area contributed by atoms with Gasteiger partial charge in [-0.15, -0.1) is 0 Å². The molecular formula is C44H55NO7. The molecule has 4 aromatic carbocycles. The Hall–Kier alpha value is -4.82. The zero-order chi connectivity index (χ0) is 37.3. The summed E-state index contributed by atoms with van der Waals surface area (Å²) in [6.45, 7) is 4.78. The summed E-state index contributed by atoms with van der Waals surface area (Å²) >= 11 is 0. The van der Waals surface area contributed by atoms with E-state index in [-0.39, 0.29) is 31.0 Å². The summed E-state index contributed by atoms with van der Waals surface area (Å²) in [6.07, 6.45) is 5.69. The number of carbonyl (C=O) groups is 2. The van der Waals surface area contributed by atoms with Gasteiger partial charge < -0.3 is 29.7 Å². The number of carboxylic acids is 1. The van der Waals surface area contributed by atoms with Crippen molar-refractivity contribution in [3.8, 4) is 11.5 Å². The molecule has 8 heteroatoms. The largest absolute Gasteiger partial charge is 0.497 e. The molecule has 6 rings (SSSR count). The van der Waals surface area contributed by atoms with E-state index in [4.69, 9.17) is 19.3 Å². The molecule has 2 aliphatic rings. The van der Waals surface area contributed by atoms with Crippen molar-refractivity contribution >= 4 is 12.1 Å². The molecule has 2 aliphatic carbocycles. The van der Waals surface area contributed by atoms with Gasteiger partial charge >= 0.3 is 12.1 Å². The Labute approximate surface area is 309 Å². The SMILES string of the molecule is CCO.CCOC(=O)NCC1CCc2ccc(OC)cc2C1Cc1ccccc1.COc1ccc2c(c1)C(Cc1ccccc1)C(CC(=O)O)CC2. The molecule has 0 heterocycles. The molecule has 8 nitrogen and oxygen atoms in total. The number of fused-ring (bicyclic) bond motifs is 2. The van der Waals surface area contributed by atoms with Gasteiger partial charge in [0.1, 0.15) is 11.5 Å². The highest BCUT2D eigenvalue weighted by molar-refractivity contribution is 5.67. The fourth-order valence-corrected chi connectivity index (χ4v) is 7.54. The van der Waals surface area contributed by atoms with E-state index in [1.165, 1.54) is 33.4 Å². The van der Waals surface area contributed by atoms with Gasteiger partial charge in [-0.05, 0) is 134 Å². The maximum atomic E-state index is 11.7. The molecule has 0 radical (unpaired) electrons. The number of amides is 1. The number of rotatable bonds is 11. The monoisotopic (exact) mass is 709 g/mol. The average molecular weight is 710 g/mol. The van der Waals surface area contributed by atoms with Gasteiger partial charge in [-0.1, -0.05) is 72.8 Å². The molecule has 0 saturated heterocycles. The van der Waals surface area contributed by atoms with E-state index in [9.17, 15) is 14.7 Å². The van der Waals surface area contributed by atoms with Crippen molar-refractivity contribution in [1.82, 2.24) is 5.32 Å². The number of carbonyl (C=O) groups excluding carboxylic acids is 1. The van der Waals surface area contributed by atoms with Crippen molar-refractivity contribution in [3.05, 3.63) is 130 Å². The Morgan fingerprint density at radius 1 is 0.712 bits per heavy atom. The number of ether oxygens (including phenoxy) is 3. The summed E-state index contributed by atoms with van der Waals surface area (Å²) in [7, 11) is 3.38. The predicted molar refractivity (Wildman–Crippen MR) is 205 cm³/mol. The third-order valence-corrected chi connectivity index (χ3v) is 10.0. The smallest absolute Gasteiger partial charge is 0.407 e. The first-order valence-corrected chi connectivity index (χ1v) is 18.4. The van der Waals surface area contributed by atoms with Crippen LogP contribution in [0, 0.1) is 11.8 Å². The quantitative estimate of drug-likeness (QED) is 0.143. The number of aliphatic hydroxyl groups excluding tert-OH is 1. The number of methoxy groups -OCH3 is 2. The minimum atomic E-state index is -0.709. The van der Waals surface area contributed by atoms with Crippen molar-refractivity contribution in [2.24, 2.45) is 11.8 Å². The van der Waals surface area contributed by atoms with E-state index in [1.54, 1.807) is 21.1 Å². The lowest BCUT2D eigenvalue weighted by molar-refractivity contribution is -0.138. The number of alkyl carbamates (subject to hydrolysis) is 1. The lowest BCUT2D eigenvalue weighted by atomic mass is 9.71. The Kier molecular flexibility index (Phi) is 16.0. The molecule has 4 aromatic rings. The molecule has 4 unspecified atom stereocenters. The highest BCUT2D eigenvalue weighted by Crippen LogP contribution is 2.42. The molecular weight excluding hydrogens is 654 g/mol. The van der Waals surface area contributed by atoms with Crippen LogP contribution in [0.3, 0.4) is 0 Å². The maximum Gasteiger partial charge on any atom is 0.407 e. The Morgan fingerprint density at radius 2 is 1.17 bits per heavy atom. The summed E-state index contributed by atoms with van der Waals surface area (Å²) in [4.78, 5) is 23.0. The molecule has 0 spiro atoms. The number of aliphatic hydroxyl groups is 1. The summed E-state index contributed by atoms with van der Waals surface area (Å²) in [6, 6.07) is 33.5. The van der Waals surface area contributed by atoms with Crippen LogP contribution in [0.4, 0.5) is 4.79 Å². The standard InChI is InChI=1S/C22H27NO3.C20H22O3.C2H6O/c1-3-26-22(24)23-15-18-10-9-17-11-12-19(25-2)14-21(17)20(18)13-16-7-5-4-6-8-16;1-23-17-10-9-15-7-8-16(12-20(21)22)18(19(15)13-17)11-14-5-3-2-4-6-14;1-2-3/h4-8,11-12,14,18,20H,3,9-10,13,15H2,1-2H3,(H,23,24);2-6,9-10,13,16,18H,7-8,11-12H2,1H3,(H,21,22);3H,2H2,1H3. The van der Waals surface area contributed by atoms with E-state index in [0.717, 1.165) is 50.0 Å².